The van der Waals surface area contributed by atoms with Gasteiger partial charge in [0.25, 0.3) is 0 Å². The predicted octanol–water partition coefficient (Wildman–Crippen LogP) is 3.05. The van der Waals surface area contributed by atoms with Crippen molar-refractivity contribution in [3.05, 3.63) is 35.4 Å². The van der Waals surface area contributed by atoms with Gasteiger partial charge in [-0.2, -0.15) is 0 Å². The molecule has 15 heavy (non-hydrogen) atoms. The van der Waals surface area contributed by atoms with Gasteiger partial charge in [0.2, 0.25) is 0 Å². The lowest BCUT2D eigenvalue weighted by Crippen LogP contribution is -2.04. The molecule has 0 atom stereocenters. The summed E-state index contributed by atoms with van der Waals surface area (Å²) < 4.78 is 4.44. The van der Waals surface area contributed by atoms with Gasteiger partial charge in [-0.1, -0.05) is 38.1 Å². The summed E-state index contributed by atoms with van der Waals surface area (Å²) in [5.41, 5.74) is 2.39. The molecule has 82 valence electrons. The van der Waals surface area contributed by atoms with Crippen molar-refractivity contribution in [3.63, 3.8) is 0 Å². The monoisotopic (exact) mass is 208 g/mol. The van der Waals surface area contributed by atoms with Gasteiger partial charge >= 0.3 is 6.16 Å². The molecule has 0 saturated heterocycles. The third-order valence-corrected chi connectivity index (χ3v) is 2.26. The molecular formula is C12H16O3. The maximum Gasteiger partial charge on any atom is 0.505 e. The van der Waals surface area contributed by atoms with Crippen molar-refractivity contribution in [2.75, 3.05) is 6.61 Å². The normalized spacial score (nSPS) is 10.3. The highest BCUT2D eigenvalue weighted by atomic mass is 16.7. The molecule has 0 aliphatic heterocycles. The van der Waals surface area contributed by atoms with Crippen LogP contribution in [0.2, 0.25) is 0 Å². The predicted molar refractivity (Wildman–Crippen MR) is 58.2 cm³/mol. The zero-order valence-corrected chi connectivity index (χ0v) is 9.06. The Kier molecular flexibility index (Phi) is 4.16. The van der Waals surface area contributed by atoms with Crippen LogP contribution in [0.5, 0.6) is 0 Å². The standard InChI is InChI=1S/C12H16O3/c1-9(2)11-5-3-10(4-6-11)7-8-15-12(13)14/h3-6,9H,7-8H2,1-2H3,(H,13,14). The third-order valence-electron chi connectivity index (χ3n) is 2.26. The summed E-state index contributed by atoms with van der Waals surface area (Å²) in [6, 6.07) is 8.17. The highest BCUT2D eigenvalue weighted by Crippen LogP contribution is 2.14. The number of ether oxygens (including phenoxy) is 1. The van der Waals surface area contributed by atoms with E-state index in [0.29, 0.717) is 12.3 Å². The molecule has 0 aliphatic rings. The number of benzene rings is 1. The summed E-state index contributed by atoms with van der Waals surface area (Å²) in [6.07, 6.45) is -0.584. The SMILES string of the molecule is CC(C)c1ccc(CCOC(=O)O)cc1. The first kappa shape index (κ1) is 11.6. The van der Waals surface area contributed by atoms with Crippen molar-refractivity contribution < 1.29 is 14.6 Å². The minimum absolute atomic E-state index is 0.219. The van der Waals surface area contributed by atoms with Gasteiger partial charge in [0, 0.05) is 6.42 Å². The van der Waals surface area contributed by atoms with Crippen LogP contribution < -0.4 is 0 Å². The average Bonchev–Trinajstić information content (AvgIpc) is 2.18. The first-order valence-corrected chi connectivity index (χ1v) is 5.04. The molecule has 0 unspecified atom stereocenters. The summed E-state index contributed by atoms with van der Waals surface area (Å²) in [7, 11) is 0. The summed E-state index contributed by atoms with van der Waals surface area (Å²) in [5, 5.41) is 8.29. The van der Waals surface area contributed by atoms with Crippen molar-refractivity contribution in [2.45, 2.75) is 26.2 Å². The van der Waals surface area contributed by atoms with Crippen LogP contribution in [0.3, 0.4) is 0 Å². The van der Waals surface area contributed by atoms with Crippen LogP contribution in [0.1, 0.15) is 30.9 Å². The van der Waals surface area contributed by atoms with Gasteiger partial charge in [0.05, 0.1) is 6.61 Å². The van der Waals surface area contributed by atoms with Gasteiger partial charge < -0.3 is 9.84 Å². The second-order valence-corrected chi connectivity index (χ2v) is 3.76. The fourth-order valence-corrected chi connectivity index (χ4v) is 1.33. The lowest BCUT2D eigenvalue weighted by molar-refractivity contribution is 0.0927. The van der Waals surface area contributed by atoms with Gasteiger partial charge in [0.1, 0.15) is 0 Å². The Morgan fingerprint density at radius 1 is 1.33 bits per heavy atom. The molecule has 0 saturated carbocycles. The Hall–Kier alpha value is -1.51. The van der Waals surface area contributed by atoms with Crippen LogP contribution in [-0.2, 0) is 11.2 Å². The lowest BCUT2D eigenvalue weighted by Gasteiger charge is -2.06. The van der Waals surface area contributed by atoms with E-state index in [-0.39, 0.29) is 6.61 Å². The van der Waals surface area contributed by atoms with E-state index in [9.17, 15) is 4.79 Å². The minimum Gasteiger partial charge on any atom is -0.450 e. The number of carbonyl (C=O) groups is 1. The highest BCUT2D eigenvalue weighted by molar-refractivity contribution is 5.56. The largest absolute Gasteiger partial charge is 0.505 e. The van der Waals surface area contributed by atoms with Crippen LogP contribution in [0.15, 0.2) is 24.3 Å². The van der Waals surface area contributed by atoms with E-state index >= 15 is 0 Å². The molecule has 0 aliphatic carbocycles. The molecule has 0 amide bonds. The van der Waals surface area contributed by atoms with E-state index < -0.39 is 6.16 Å². The first-order chi connectivity index (χ1) is 7.09. The second kappa shape index (κ2) is 5.39. The number of carboxylic acid groups (broad SMARTS) is 1. The summed E-state index contributed by atoms with van der Waals surface area (Å²) in [5.74, 6) is 0.523. The average molecular weight is 208 g/mol. The van der Waals surface area contributed by atoms with Gasteiger partial charge in [0.15, 0.2) is 0 Å². The molecule has 0 spiro atoms. The Bertz CT molecular complexity index is 314. The molecule has 0 fully saturated rings. The maximum absolute atomic E-state index is 10.1. The Morgan fingerprint density at radius 3 is 2.40 bits per heavy atom. The van der Waals surface area contributed by atoms with Crippen LogP contribution in [-0.4, -0.2) is 17.9 Å². The summed E-state index contributed by atoms with van der Waals surface area (Å²) >= 11 is 0. The topological polar surface area (TPSA) is 46.5 Å². The Morgan fingerprint density at radius 2 is 1.93 bits per heavy atom. The van der Waals surface area contributed by atoms with E-state index in [1.807, 2.05) is 12.1 Å². The quantitative estimate of drug-likeness (QED) is 0.773. The molecule has 1 aromatic rings. The molecule has 0 heterocycles. The zero-order valence-electron chi connectivity index (χ0n) is 9.06. The third kappa shape index (κ3) is 4.02. The second-order valence-electron chi connectivity index (χ2n) is 3.76. The fraction of sp³-hybridized carbons (Fsp3) is 0.417. The van der Waals surface area contributed by atoms with Gasteiger partial charge in [-0.15, -0.1) is 0 Å². The summed E-state index contributed by atoms with van der Waals surface area (Å²) in [4.78, 5) is 10.1. The van der Waals surface area contributed by atoms with Gasteiger partial charge in [-0.05, 0) is 17.0 Å². The van der Waals surface area contributed by atoms with Gasteiger partial charge in [-0.3, -0.25) is 0 Å². The molecule has 1 rings (SSSR count). The number of hydrogen-bond acceptors (Lipinski definition) is 2. The van der Waals surface area contributed by atoms with Crippen LogP contribution in [0, 0.1) is 0 Å². The lowest BCUT2D eigenvalue weighted by atomic mass is 10.0. The van der Waals surface area contributed by atoms with E-state index in [1.54, 1.807) is 0 Å². The highest BCUT2D eigenvalue weighted by Gasteiger charge is 2.00. The van der Waals surface area contributed by atoms with Crippen molar-refractivity contribution in [3.8, 4) is 0 Å². The smallest absolute Gasteiger partial charge is 0.450 e. The van der Waals surface area contributed by atoms with Crippen molar-refractivity contribution >= 4 is 6.16 Å². The van der Waals surface area contributed by atoms with Crippen molar-refractivity contribution in [1.29, 1.82) is 0 Å². The molecule has 0 aromatic heterocycles. The van der Waals surface area contributed by atoms with Crippen molar-refractivity contribution in [2.24, 2.45) is 0 Å². The van der Waals surface area contributed by atoms with E-state index in [2.05, 4.69) is 30.7 Å². The number of rotatable bonds is 4. The summed E-state index contributed by atoms with van der Waals surface area (Å²) in [6.45, 7) is 4.50. The molecule has 0 radical (unpaired) electrons. The van der Waals surface area contributed by atoms with Crippen LogP contribution >= 0.6 is 0 Å². The molecule has 1 N–H and O–H groups in total. The van der Waals surface area contributed by atoms with Crippen LogP contribution in [0.25, 0.3) is 0 Å². The minimum atomic E-state index is -1.21. The molecular weight excluding hydrogens is 192 g/mol. The number of hydrogen-bond donors (Lipinski definition) is 1. The maximum atomic E-state index is 10.1. The first-order valence-electron chi connectivity index (χ1n) is 5.04. The zero-order chi connectivity index (χ0) is 11.3. The van der Waals surface area contributed by atoms with E-state index in [0.717, 1.165) is 5.56 Å². The van der Waals surface area contributed by atoms with Crippen LogP contribution in [0.4, 0.5) is 4.79 Å². The van der Waals surface area contributed by atoms with Crippen molar-refractivity contribution in [1.82, 2.24) is 0 Å². The Balaban J connectivity index is 2.46. The fourth-order valence-electron chi connectivity index (χ4n) is 1.33. The van der Waals surface area contributed by atoms with Gasteiger partial charge in [-0.25, -0.2) is 4.79 Å². The Labute approximate surface area is 89.7 Å². The molecule has 1 aromatic carbocycles. The van der Waals surface area contributed by atoms with E-state index in [4.69, 9.17) is 5.11 Å². The van der Waals surface area contributed by atoms with E-state index in [1.165, 1.54) is 5.56 Å². The molecule has 3 nitrogen and oxygen atoms in total. The molecule has 3 heteroatoms. The molecule has 0 bridgehead atoms.